The van der Waals surface area contributed by atoms with Gasteiger partial charge in [0.05, 0.1) is 5.56 Å². The maximum Gasteiger partial charge on any atom is 0.258 e. The van der Waals surface area contributed by atoms with Gasteiger partial charge >= 0.3 is 0 Å². The summed E-state index contributed by atoms with van der Waals surface area (Å²) in [6.07, 6.45) is 1.77. The number of para-hydroxylation sites is 1. The minimum absolute atomic E-state index is 0.0129. The van der Waals surface area contributed by atoms with E-state index in [-0.39, 0.29) is 5.91 Å². The summed E-state index contributed by atoms with van der Waals surface area (Å²) in [6.45, 7) is 6.35. The van der Waals surface area contributed by atoms with Crippen LogP contribution in [0.4, 0.5) is 5.69 Å². The SMILES string of the molecule is C=CCN1C(=O)c2ccccc2NC1(C)c1ccc(-c2ccccc2)cc1. The van der Waals surface area contributed by atoms with Crippen LogP contribution >= 0.6 is 0 Å². The van der Waals surface area contributed by atoms with Crippen molar-refractivity contribution in [3.8, 4) is 11.1 Å². The lowest BCUT2D eigenvalue weighted by Gasteiger charge is -2.46. The first kappa shape index (κ1) is 17.1. The number of hydrogen-bond acceptors (Lipinski definition) is 2. The van der Waals surface area contributed by atoms with Crippen LogP contribution in [0.2, 0.25) is 0 Å². The van der Waals surface area contributed by atoms with Gasteiger partial charge in [-0.1, -0.05) is 72.8 Å². The van der Waals surface area contributed by atoms with E-state index < -0.39 is 5.66 Å². The van der Waals surface area contributed by atoms with E-state index in [0.717, 1.165) is 16.8 Å². The monoisotopic (exact) mass is 354 g/mol. The number of carbonyl (C=O) groups excluding carboxylic acids is 1. The number of nitrogens with zero attached hydrogens (tertiary/aromatic N) is 1. The van der Waals surface area contributed by atoms with E-state index in [1.165, 1.54) is 5.56 Å². The van der Waals surface area contributed by atoms with Gasteiger partial charge in [-0.3, -0.25) is 4.79 Å². The highest BCUT2D eigenvalue weighted by Crippen LogP contribution is 2.38. The smallest absolute Gasteiger partial charge is 0.258 e. The summed E-state index contributed by atoms with van der Waals surface area (Å²) >= 11 is 0. The maximum absolute atomic E-state index is 13.1. The Bertz CT molecular complexity index is 979. The number of anilines is 1. The Balaban J connectivity index is 1.76. The van der Waals surface area contributed by atoms with Crippen LogP contribution in [0, 0.1) is 0 Å². The lowest BCUT2D eigenvalue weighted by molar-refractivity contribution is 0.0572. The second-order valence-electron chi connectivity index (χ2n) is 6.89. The van der Waals surface area contributed by atoms with Crippen LogP contribution in [0.25, 0.3) is 11.1 Å². The zero-order valence-electron chi connectivity index (χ0n) is 15.4. The van der Waals surface area contributed by atoms with Crippen molar-refractivity contribution in [2.75, 3.05) is 11.9 Å². The van der Waals surface area contributed by atoms with Gasteiger partial charge in [-0.2, -0.15) is 0 Å². The average Bonchev–Trinajstić information content (AvgIpc) is 2.72. The maximum atomic E-state index is 13.1. The third-order valence-electron chi connectivity index (χ3n) is 5.19. The molecule has 0 fully saturated rings. The van der Waals surface area contributed by atoms with Crippen molar-refractivity contribution in [3.63, 3.8) is 0 Å². The fraction of sp³-hybridized carbons (Fsp3) is 0.125. The average molecular weight is 354 g/mol. The molecule has 1 atom stereocenters. The Hall–Kier alpha value is -3.33. The summed E-state index contributed by atoms with van der Waals surface area (Å²) in [7, 11) is 0. The minimum atomic E-state index is -0.644. The topological polar surface area (TPSA) is 32.3 Å². The van der Waals surface area contributed by atoms with Crippen molar-refractivity contribution >= 4 is 11.6 Å². The Kier molecular flexibility index (Phi) is 4.28. The summed E-state index contributed by atoms with van der Waals surface area (Å²) in [4.78, 5) is 15.0. The molecule has 3 aromatic carbocycles. The first-order chi connectivity index (χ1) is 13.1. The predicted molar refractivity (Wildman–Crippen MR) is 111 cm³/mol. The van der Waals surface area contributed by atoms with Crippen LogP contribution < -0.4 is 5.32 Å². The van der Waals surface area contributed by atoms with E-state index >= 15 is 0 Å². The Labute approximate surface area is 160 Å². The standard InChI is InChI=1S/C24H22N2O/c1-3-17-26-23(27)21-11-7-8-12-22(21)25-24(26,2)20-15-13-19(14-16-20)18-9-5-4-6-10-18/h3-16,25H,1,17H2,2H3. The molecule has 0 saturated carbocycles. The van der Waals surface area contributed by atoms with E-state index in [1.54, 1.807) is 6.08 Å². The zero-order valence-corrected chi connectivity index (χ0v) is 15.4. The quantitative estimate of drug-likeness (QED) is 0.647. The van der Waals surface area contributed by atoms with Gasteiger partial charge in [-0.05, 0) is 35.7 Å². The van der Waals surface area contributed by atoms with Crippen LogP contribution in [-0.4, -0.2) is 17.4 Å². The van der Waals surface area contributed by atoms with Crippen LogP contribution in [0.5, 0.6) is 0 Å². The van der Waals surface area contributed by atoms with E-state index in [9.17, 15) is 4.79 Å². The Morgan fingerprint density at radius 2 is 1.56 bits per heavy atom. The number of rotatable bonds is 4. The van der Waals surface area contributed by atoms with Crippen LogP contribution in [0.1, 0.15) is 22.8 Å². The second-order valence-corrected chi connectivity index (χ2v) is 6.89. The molecule has 3 nitrogen and oxygen atoms in total. The number of fused-ring (bicyclic) bond motifs is 1. The van der Waals surface area contributed by atoms with Gasteiger partial charge in [0, 0.05) is 12.2 Å². The zero-order chi connectivity index (χ0) is 18.9. The number of benzene rings is 3. The van der Waals surface area contributed by atoms with Crippen LogP contribution in [0.15, 0.2) is 91.5 Å². The molecule has 1 amide bonds. The van der Waals surface area contributed by atoms with Crippen molar-refractivity contribution in [2.45, 2.75) is 12.6 Å². The number of amides is 1. The lowest BCUT2D eigenvalue weighted by atomic mass is 9.92. The molecule has 1 aliphatic rings. The van der Waals surface area contributed by atoms with Gasteiger partial charge in [0.25, 0.3) is 5.91 Å². The molecule has 0 saturated heterocycles. The molecule has 3 heteroatoms. The Morgan fingerprint density at radius 1 is 0.926 bits per heavy atom. The third kappa shape index (κ3) is 2.91. The van der Waals surface area contributed by atoms with Crippen molar-refractivity contribution in [2.24, 2.45) is 0 Å². The molecule has 0 bridgehead atoms. The van der Waals surface area contributed by atoms with Crippen molar-refractivity contribution < 1.29 is 4.79 Å². The molecule has 1 heterocycles. The number of carbonyl (C=O) groups is 1. The second kappa shape index (κ2) is 6.76. The molecule has 1 aliphatic heterocycles. The fourth-order valence-electron chi connectivity index (χ4n) is 3.70. The molecule has 0 spiro atoms. The molecule has 134 valence electrons. The number of nitrogens with one attached hydrogen (secondary N) is 1. The molecular weight excluding hydrogens is 332 g/mol. The molecule has 3 aromatic rings. The van der Waals surface area contributed by atoms with Gasteiger partial charge < -0.3 is 10.2 Å². The molecule has 0 aromatic heterocycles. The highest BCUT2D eigenvalue weighted by atomic mass is 16.2. The summed E-state index contributed by atoms with van der Waals surface area (Å²) in [5, 5.41) is 3.57. The highest BCUT2D eigenvalue weighted by Gasteiger charge is 2.41. The van der Waals surface area contributed by atoms with E-state index in [1.807, 2.05) is 54.3 Å². The van der Waals surface area contributed by atoms with Gasteiger partial charge in [0.1, 0.15) is 5.66 Å². The predicted octanol–water partition coefficient (Wildman–Crippen LogP) is 5.28. The summed E-state index contributed by atoms with van der Waals surface area (Å²) in [6, 6.07) is 26.3. The van der Waals surface area contributed by atoms with Crippen molar-refractivity contribution in [1.29, 1.82) is 0 Å². The Morgan fingerprint density at radius 3 is 2.26 bits per heavy atom. The molecule has 27 heavy (non-hydrogen) atoms. The van der Waals surface area contributed by atoms with Gasteiger partial charge in [-0.15, -0.1) is 6.58 Å². The van der Waals surface area contributed by atoms with Gasteiger partial charge in [0.2, 0.25) is 0 Å². The number of hydrogen-bond donors (Lipinski definition) is 1. The van der Waals surface area contributed by atoms with E-state index in [2.05, 4.69) is 48.3 Å². The summed E-state index contributed by atoms with van der Waals surface area (Å²) in [5.41, 5.74) is 4.27. The fourth-order valence-corrected chi connectivity index (χ4v) is 3.70. The molecule has 1 N–H and O–H groups in total. The van der Waals surface area contributed by atoms with Crippen LogP contribution in [-0.2, 0) is 5.66 Å². The largest absolute Gasteiger partial charge is 0.358 e. The van der Waals surface area contributed by atoms with Crippen molar-refractivity contribution in [1.82, 2.24) is 4.90 Å². The van der Waals surface area contributed by atoms with Gasteiger partial charge in [-0.25, -0.2) is 0 Å². The van der Waals surface area contributed by atoms with Crippen molar-refractivity contribution in [3.05, 3.63) is 103 Å². The molecule has 1 unspecified atom stereocenters. The summed E-state index contributed by atoms with van der Waals surface area (Å²) in [5.74, 6) is 0.0129. The first-order valence-electron chi connectivity index (χ1n) is 9.09. The molecular formula is C24H22N2O. The molecule has 0 aliphatic carbocycles. The van der Waals surface area contributed by atoms with Gasteiger partial charge in [0.15, 0.2) is 0 Å². The first-order valence-corrected chi connectivity index (χ1v) is 9.09. The molecule has 4 rings (SSSR count). The van der Waals surface area contributed by atoms with E-state index in [0.29, 0.717) is 12.1 Å². The third-order valence-corrected chi connectivity index (χ3v) is 5.19. The van der Waals surface area contributed by atoms with Crippen LogP contribution in [0.3, 0.4) is 0 Å². The van der Waals surface area contributed by atoms with E-state index in [4.69, 9.17) is 0 Å². The lowest BCUT2D eigenvalue weighted by Crippen LogP contribution is -2.55. The normalized spacial score (nSPS) is 18.6. The minimum Gasteiger partial charge on any atom is -0.358 e. The summed E-state index contributed by atoms with van der Waals surface area (Å²) < 4.78 is 0. The highest BCUT2D eigenvalue weighted by molar-refractivity contribution is 6.02. The molecule has 0 radical (unpaired) electrons.